The van der Waals surface area contributed by atoms with Crippen LogP contribution in [0.25, 0.3) is 0 Å². The van der Waals surface area contributed by atoms with Crippen molar-refractivity contribution in [3.63, 3.8) is 0 Å². The Morgan fingerprint density at radius 1 is 1.24 bits per heavy atom. The molecule has 0 saturated carbocycles. The van der Waals surface area contributed by atoms with Gasteiger partial charge in [0.1, 0.15) is 5.75 Å². The van der Waals surface area contributed by atoms with Gasteiger partial charge in [-0.15, -0.1) is 0 Å². The number of hydrogen-bond acceptors (Lipinski definition) is 3. The Morgan fingerprint density at radius 3 is 2.48 bits per heavy atom. The summed E-state index contributed by atoms with van der Waals surface area (Å²) in [5.74, 6) is 0.639. The number of amides is 1. The fraction of sp³-hybridized carbons (Fsp3) is 0.562. The molecule has 0 bridgehead atoms. The van der Waals surface area contributed by atoms with Crippen molar-refractivity contribution in [1.82, 2.24) is 9.80 Å². The van der Waals surface area contributed by atoms with Gasteiger partial charge in [-0.1, -0.05) is 37.6 Å². The summed E-state index contributed by atoms with van der Waals surface area (Å²) in [6.45, 7) is 8.56. The number of rotatable bonds is 5. The van der Waals surface area contributed by atoms with Gasteiger partial charge in [0, 0.05) is 26.2 Å². The van der Waals surface area contributed by atoms with Crippen molar-refractivity contribution >= 4 is 17.5 Å². The van der Waals surface area contributed by atoms with Crippen molar-refractivity contribution in [2.45, 2.75) is 26.4 Å². The summed E-state index contributed by atoms with van der Waals surface area (Å²) in [6.07, 6.45) is 0.177. The fourth-order valence-corrected chi connectivity index (χ4v) is 2.67. The Bertz CT molecular complexity index is 473. The fourth-order valence-electron chi connectivity index (χ4n) is 2.49. The highest BCUT2D eigenvalue weighted by atomic mass is 35.5. The molecule has 21 heavy (non-hydrogen) atoms. The summed E-state index contributed by atoms with van der Waals surface area (Å²) in [4.78, 5) is 16.8. The molecular formula is C16H23ClN2O2. The smallest absolute Gasteiger partial charge is 0.263 e. The van der Waals surface area contributed by atoms with Crippen LogP contribution in [0.2, 0.25) is 5.02 Å². The van der Waals surface area contributed by atoms with E-state index < -0.39 is 6.10 Å². The molecule has 0 N–H and O–H groups in total. The van der Waals surface area contributed by atoms with Gasteiger partial charge < -0.3 is 14.5 Å². The average Bonchev–Trinajstić information content (AvgIpc) is 2.53. The standard InChI is InChI=1S/C16H23ClN2O2/c1-3-14(21-15-8-6-5-7-13(15)17)16(20)19-11-9-18(4-2)10-12-19/h5-8,14H,3-4,9-12H2,1-2H3/t14-/m1/s1. The second-order valence-corrected chi connectivity index (χ2v) is 5.61. The van der Waals surface area contributed by atoms with Crippen molar-refractivity contribution in [2.24, 2.45) is 0 Å². The normalized spacial score (nSPS) is 17.6. The first-order valence-electron chi connectivity index (χ1n) is 7.58. The molecule has 1 fully saturated rings. The van der Waals surface area contributed by atoms with Crippen LogP contribution in [0.4, 0.5) is 0 Å². The van der Waals surface area contributed by atoms with Crippen molar-refractivity contribution in [1.29, 1.82) is 0 Å². The highest BCUT2D eigenvalue weighted by Gasteiger charge is 2.27. The number of piperazine rings is 1. The topological polar surface area (TPSA) is 32.8 Å². The lowest BCUT2D eigenvalue weighted by molar-refractivity contribution is -0.140. The number of likely N-dealkylation sites (N-methyl/N-ethyl adjacent to an activating group) is 1. The van der Waals surface area contributed by atoms with E-state index in [1.54, 1.807) is 12.1 Å². The molecule has 1 amide bonds. The zero-order chi connectivity index (χ0) is 15.2. The van der Waals surface area contributed by atoms with E-state index in [1.165, 1.54) is 0 Å². The minimum atomic E-state index is -0.460. The van der Waals surface area contributed by atoms with Gasteiger partial charge in [0.2, 0.25) is 0 Å². The van der Waals surface area contributed by atoms with Gasteiger partial charge in [-0.2, -0.15) is 0 Å². The zero-order valence-corrected chi connectivity index (χ0v) is 13.5. The van der Waals surface area contributed by atoms with Crippen molar-refractivity contribution in [3.05, 3.63) is 29.3 Å². The van der Waals surface area contributed by atoms with Crippen molar-refractivity contribution in [3.8, 4) is 5.75 Å². The number of carbonyl (C=O) groups is 1. The molecule has 116 valence electrons. The highest BCUT2D eigenvalue weighted by Crippen LogP contribution is 2.25. The SMILES string of the molecule is CC[C@@H](Oc1ccccc1Cl)C(=O)N1CCN(CC)CC1. The van der Waals surface area contributed by atoms with Crippen LogP contribution in [-0.4, -0.2) is 54.5 Å². The van der Waals surface area contributed by atoms with Gasteiger partial charge in [-0.3, -0.25) is 4.79 Å². The highest BCUT2D eigenvalue weighted by molar-refractivity contribution is 6.32. The lowest BCUT2D eigenvalue weighted by atomic mass is 10.2. The van der Waals surface area contributed by atoms with Crippen LogP contribution in [0.1, 0.15) is 20.3 Å². The summed E-state index contributed by atoms with van der Waals surface area (Å²) >= 11 is 6.10. The summed E-state index contributed by atoms with van der Waals surface area (Å²) in [6, 6.07) is 7.28. The first kappa shape index (κ1) is 16.1. The maximum atomic E-state index is 12.6. The van der Waals surface area contributed by atoms with Crippen LogP contribution < -0.4 is 4.74 Å². The van der Waals surface area contributed by atoms with Crippen molar-refractivity contribution in [2.75, 3.05) is 32.7 Å². The number of para-hydroxylation sites is 1. The van der Waals surface area contributed by atoms with E-state index >= 15 is 0 Å². The van der Waals surface area contributed by atoms with E-state index in [2.05, 4.69) is 11.8 Å². The molecule has 1 aromatic rings. The monoisotopic (exact) mass is 310 g/mol. The van der Waals surface area contributed by atoms with Gasteiger partial charge >= 0.3 is 0 Å². The van der Waals surface area contributed by atoms with Crippen molar-refractivity contribution < 1.29 is 9.53 Å². The summed E-state index contributed by atoms with van der Waals surface area (Å²) in [5.41, 5.74) is 0. The van der Waals surface area contributed by atoms with Crippen LogP contribution in [0.3, 0.4) is 0 Å². The van der Waals surface area contributed by atoms with Crippen LogP contribution >= 0.6 is 11.6 Å². The lowest BCUT2D eigenvalue weighted by Crippen LogP contribution is -2.52. The maximum absolute atomic E-state index is 12.6. The van der Waals surface area contributed by atoms with Crippen LogP contribution in [0.5, 0.6) is 5.75 Å². The Hall–Kier alpha value is -1.26. The quantitative estimate of drug-likeness (QED) is 0.838. The van der Waals surface area contributed by atoms with E-state index in [0.717, 1.165) is 32.7 Å². The maximum Gasteiger partial charge on any atom is 0.263 e. The largest absolute Gasteiger partial charge is 0.479 e. The van der Waals surface area contributed by atoms with Gasteiger partial charge in [-0.05, 0) is 25.1 Å². The zero-order valence-electron chi connectivity index (χ0n) is 12.7. The van der Waals surface area contributed by atoms with E-state index in [-0.39, 0.29) is 5.91 Å². The Morgan fingerprint density at radius 2 is 1.90 bits per heavy atom. The molecular weight excluding hydrogens is 288 g/mol. The number of hydrogen-bond donors (Lipinski definition) is 0. The molecule has 5 heteroatoms. The lowest BCUT2D eigenvalue weighted by Gasteiger charge is -2.35. The summed E-state index contributed by atoms with van der Waals surface area (Å²) in [7, 11) is 0. The second kappa shape index (κ2) is 7.66. The Labute approximate surface area is 131 Å². The van der Waals surface area contributed by atoms with E-state index in [1.807, 2.05) is 24.0 Å². The van der Waals surface area contributed by atoms with Crippen LogP contribution in [-0.2, 0) is 4.79 Å². The molecule has 2 rings (SSSR count). The number of carbonyl (C=O) groups excluding carboxylic acids is 1. The third-order valence-electron chi connectivity index (χ3n) is 3.88. The van der Waals surface area contributed by atoms with Gasteiger partial charge in [-0.25, -0.2) is 0 Å². The molecule has 1 saturated heterocycles. The third-order valence-corrected chi connectivity index (χ3v) is 4.20. The molecule has 0 unspecified atom stereocenters. The Balaban J connectivity index is 1.98. The minimum Gasteiger partial charge on any atom is -0.479 e. The van der Waals surface area contributed by atoms with Crippen LogP contribution in [0.15, 0.2) is 24.3 Å². The first-order valence-corrected chi connectivity index (χ1v) is 7.95. The minimum absolute atomic E-state index is 0.0631. The predicted octanol–water partition coefficient (Wildman–Crippen LogP) is 2.66. The number of halogens is 1. The van der Waals surface area contributed by atoms with E-state index in [4.69, 9.17) is 16.3 Å². The molecule has 0 aliphatic carbocycles. The molecule has 1 heterocycles. The molecule has 0 radical (unpaired) electrons. The summed E-state index contributed by atoms with van der Waals surface area (Å²) < 4.78 is 5.83. The van der Waals surface area contributed by atoms with Gasteiger partial charge in [0.25, 0.3) is 5.91 Å². The molecule has 0 aromatic heterocycles. The van der Waals surface area contributed by atoms with Crippen LogP contribution in [0, 0.1) is 0 Å². The van der Waals surface area contributed by atoms with E-state index in [0.29, 0.717) is 17.2 Å². The average molecular weight is 311 g/mol. The van der Waals surface area contributed by atoms with E-state index in [9.17, 15) is 4.79 Å². The molecule has 1 atom stereocenters. The molecule has 1 aromatic carbocycles. The molecule has 1 aliphatic rings. The van der Waals surface area contributed by atoms with Gasteiger partial charge in [0.05, 0.1) is 5.02 Å². The van der Waals surface area contributed by atoms with Gasteiger partial charge in [0.15, 0.2) is 6.10 Å². The molecule has 1 aliphatic heterocycles. The summed E-state index contributed by atoms with van der Waals surface area (Å²) in [5, 5.41) is 0.541. The predicted molar refractivity (Wildman–Crippen MR) is 84.9 cm³/mol. The number of ether oxygens (including phenoxy) is 1. The first-order chi connectivity index (χ1) is 10.2. The Kier molecular flexibility index (Phi) is 5.88. The molecule has 0 spiro atoms. The number of nitrogens with zero attached hydrogens (tertiary/aromatic N) is 2. The number of benzene rings is 1. The second-order valence-electron chi connectivity index (χ2n) is 5.20. The third kappa shape index (κ3) is 4.11. The molecule has 4 nitrogen and oxygen atoms in total.